The molecule has 0 fully saturated rings. The van der Waals surface area contributed by atoms with Crippen molar-refractivity contribution in [3.8, 4) is 50.8 Å². The van der Waals surface area contributed by atoms with E-state index in [2.05, 4.69) is 201 Å². The molecule has 4 heteroatoms. The standard InChI is InChI=1S/C52H38N4/c1-32-11-9-13-37(23-32)39-19-21-44-42-15-5-7-17-46(42)55(48(44)29-39)50-27-36(31-53)28-51(52(50)41-25-34(3)54-35(4)26-41)56-47-18-8-6-16-43(47)45-22-20-40(30-49(45)56)38-14-10-12-33(2)24-38/h5-30H,1-4H3. The highest BCUT2D eigenvalue weighted by atomic mass is 15.0. The number of fused-ring (bicyclic) bond motifs is 6. The third-order valence-corrected chi connectivity index (χ3v) is 11.1. The summed E-state index contributed by atoms with van der Waals surface area (Å²) in [5.74, 6) is 0. The van der Waals surface area contributed by atoms with Gasteiger partial charge in [0.05, 0.1) is 45.1 Å². The lowest BCUT2D eigenvalue weighted by molar-refractivity contribution is 1.11. The molecule has 7 aromatic carbocycles. The average Bonchev–Trinajstić information content (AvgIpc) is 3.72. The van der Waals surface area contributed by atoms with Crippen molar-refractivity contribution >= 4 is 43.6 Å². The number of hydrogen-bond acceptors (Lipinski definition) is 2. The van der Waals surface area contributed by atoms with Crippen molar-refractivity contribution in [3.63, 3.8) is 0 Å². The van der Waals surface area contributed by atoms with Crippen LogP contribution in [0.4, 0.5) is 0 Å². The van der Waals surface area contributed by atoms with Crippen LogP contribution in [-0.2, 0) is 0 Å². The van der Waals surface area contributed by atoms with Crippen LogP contribution in [0, 0.1) is 39.0 Å². The fourth-order valence-corrected chi connectivity index (χ4v) is 8.77. The van der Waals surface area contributed by atoms with E-state index in [0.29, 0.717) is 5.56 Å². The maximum atomic E-state index is 10.8. The first-order valence-electron chi connectivity index (χ1n) is 19.1. The van der Waals surface area contributed by atoms with E-state index >= 15 is 0 Å². The number of benzene rings is 7. The monoisotopic (exact) mass is 718 g/mol. The van der Waals surface area contributed by atoms with Crippen LogP contribution in [0.15, 0.2) is 158 Å². The first kappa shape index (κ1) is 33.4. The van der Waals surface area contributed by atoms with Crippen LogP contribution in [0.5, 0.6) is 0 Å². The maximum absolute atomic E-state index is 10.8. The first-order valence-corrected chi connectivity index (χ1v) is 19.1. The molecule has 0 saturated carbocycles. The molecule has 0 aliphatic rings. The SMILES string of the molecule is Cc1cccc(-c2ccc3c4ccccc4n(-c4cc(C#N)cc(-n5c6ccccc6c6ccc(-c7cccc(C)c7)cc65)c4-c4cc(C)nc(C)c4)c3c2)c1. The molecule has 10 aromatic rings. The van der Waals surface area contributed by atoms with Crippen molar-refractivity contribution in [2.45, 2.75) is 27.7 Å². The minimum atomic E-state index is 0.586. The van der Waals surface area contributed by atoms with Gasteiger partial charge in [0.1, 0.15) is 0 Å². The average molecular weight is 719 g/mol. The number of para-hydroxylation sites is 2. The van der Waals surface area contributed by atoms with E-state index < -0.39 is 0 Å². The van der Waals surface area contributed by atoms with Gasteiger partial charge in [0, 0.05) is 38.5 Å². The second-order valence-electron chi connectivity index (χ2n) is 15.0. The fourth-order valence-electron chi connectivity index (χ4n) is 8.77. The number of nitrogens with zero attached hydrogens (tertiary/aromatic N) is 4. The van der Waals surface area contributed by atoms with Crippen molar-refractivity contribution in [2.75, 3.05) is 0 Å². The largest absolute Gasteiger partial charge is 0.308 e. The van der Waals surface area contributed by atoms with Gasteiger partial charge >= 0.3 is 0 Å². The second kappa shape index (κ2) is 13.0. The Bertz CT molecular complexity index is 3050. The molecule has 10 rings (SSSR count). The molecule has 0 aliphatic carbocycles. The summed E-state index contributed by atoms with van der Waals surface area (Å²) in [6.07, 6.45) is 0. The summed E-state index contributed by atoms with van der Waals surface area (Å²) >= 11 is 0. The number of aromatic nitrogens is 3. The zero-order valence-electron chi connectivity index (χ0n) is 31.8. The number of nitriles is 1. The minimum Gasteiger partial charge on any atom is -0.308 e. The van der Waals surface area contributed by atoms with Gasteiger partial charge in [-0.05, 0) is 104 Å². The third-order valence-electron chi connectivity index (χ3n) is 11.1. The van der Waals surface area contributed by atoms with E-state index in [9.17, 15) is 5.26 Å². The van der Waals surface area contributed by atoms with Gasteiger partial charge in [-0.3, -0.25) is 4.98 Å². The lowest BCUT2D eigenvalue weighted by Gasteiger charge is -2.21. The lowest BCUT2D eigenvalue weighted by Crippen LogP contribution is -2.06. The van der Waals surface area contributed by atoms with Gasteiger partial charge in [-0.2, -0.15) is 5.26 Å². The summed E-state index contributed by atoms with van der Waals surface area (Å²) in [6, 6.07) is 59.2. The lowest BCUT2D eigenvalue weighted by atomic mass is 9.97. The van der Waals surface area contributed by atoms with Crippen LogP contribution in [0.25, 0.3) is 88.4 Å². The highest BCUT2D eigenvalue weighted by Crippen LogP contribution is 2.44. The molecule has 0 radical (unpaired) electrons. The zero-order chi connectivity index (χ0) is 38.1. The molecule has 0 N–H and O–H groups in total. The van der Waals surface area contributed by atoms with Crippen LogP contribution < -0.4 is 0 Å². The van der Waals surface area contributed by atoms with Gasteiger partial charge in [-0.1, -0.05) is 120 Å². The van der Waals surface area contributed by atoms with E-state index in [1.54, 1.807) is 0 Å². The van der Waals surface area contributed by atoms with Crippen molar-refractivity contribution in [3.05, 3.63) is 186 Å². The summed E-state index contributed by atoms with van der Waals surface area (Å²) in [5, 5.41) is 15.5. The molecule has 0 atom stereocenters. The quantitative estimate of drug-likeness (QED) is 0.178. The van der Waals surface area contributed by atoms with Crippen LogP contribution in [-0.4, -0.2) is 14.1 Å². The van der Waals surface area contributed by atoms with Crippen molar-refractivity contribution in [2.24, 2.45) is 0 Å². The van der Waals surface area contributed by atoms with E-state index in [1.807, 2.05) is 0 Å². The molecule has 0 unspecified atom stereocenters. The first-order chi connectivity index (χ1) is 27.3. The Morgan fingerprint density at radius 3 is 1.32 bits per heavy atom. The molecule has 3 heterocycles. The van der Waals surface area contributed by atoms with E-state index in [4.69, 9.17) is 4.98 Å². The smallest absolute Gasteiger partial charge is 0.0993 e. The molecule has 0 saturated heterocycles. The Balaban J connectivity index is 1.37. The van der Waals surface area contributed by atoms with Crippen LogP contribution >= 0.6 is 0 Å². The maximum Gasteiger partial charge on any atom is 0.0993 e. The van der Waals surface area contributed by atoms with E-state index in [-0.39, 0.29) is 0 Å². The Kier molecular flexibility index (Phi) is 7.73. The van der Waals surface area contributed by atoms with Crippen LogP contribution in [0.1, 0.15) is 28.1 Å². The van der Waals surface area contributed by atoms with Crippen LogP contribution in [0.3, 0.4) is 0 Å². The fraction of sp³-hybridized carbons (Fsp3) is 0.0769. The summed E-state index contributed by atoms with van der Waals surface area (Å²) in [4.78, 5) is 4.82. The normalized spacial score (nSPS) is 11.6. The van der Waals surface area contributed by atoms with Gasteiger partial charge in [0.25, 0.3) is 0 Å². The molecule has 4 nitrogen and oxygen atoms in total. The van der Waals surface area contributed by atoms with Crippen LogP contribution in [0.2, 0.25) is 0 Å². The van der Waals surface area contributed by atoms with Gasteiger partial charge in [-0.15, -0.1) is 0 Å². The van der Waals surface area contributed by atoms with Crippen molar-refractivity contribution < 1.29 is 0 Å². The molecule has 266 valence electrons. The number of pyridine rings is 1. The van der Waals surface area contributed by atoms with Gasteiger partial charge in [0.2, 0.25) is 0 Å². The molecule has 56 heavy (non-hydrogen) atoms. The van der Waals surface area contributed by atoms with E-state index in [1.165, 1.54) is 22.3 Å². The predicted octanol–water partition coefficient (Wildman–Crippen LogP) is 13.4. The molecular weight excluding hydrogens is 681 g/mol. The Labute approximate surface area is 326 Å². The number of aryl methyl sites for hydroxylation is 4. The van der Waals surface area contributed by atoms with Gasteiger partial charge in [-0.25, -0.2) is 0 Å². The van der Waals surface area contributed by atoms with E-state index in [0.717, 1.165) is 88.6 Å². The van der Waals surface area contributed by atoms with Crippen molar-refractivity contribution in [1.29, 1.82) is 5.26 Å². The number of hydrogen-bond donors (Lipinski definition) is 0. The summed E-state index contributed by atoms with van der Waals surface area (Å²) in [6.45, 7) is 8.39. The topological polar surface area (TPSA) is 46.5 Å². The van der Waals surface area contributed by atoms with Crippen molar-refractivity contribution in [1.82, 2.24) is 14.1 Å². The molecule has 0 amide bonds. The second-order valence-corrected chi connectivity index (χ2v) is 15.0. The van der Waals surface area contributed by atoms with Gasteiger partial charge in [0.15, 0.2) is 0 Å². The molecule has 0 bridgehead atoms. The molecule has 0 aliphatic heterocycles. The minimum absolute atomic E-state index is 0.586. The summed E-state index contributed by atoms with van der Waals surface area (Å²) in [5.41, 5.74) is 17.8. The summed E-state index contributed by atoms with van der Waals surface area (Å²) < 4.78 is 4.75. The zero-order valence-corrected chi connectivity index (χ0v) is 31.8. The molecular formula is C52H38N4. The highest BCUT2D eigenvalue weighted by molar-refractivity contribution is 6.13. The summed E-state index contributed by atoms with van der Waals surface area (Å²) in [7, 11) is 0. The molecule has 3 aromatic heterocycles. The highest BCUT2D eigenvalue weighted by Gasteiger charge is 2.24. The Hall–Kier alpha value is -7.22. The molecule has 0 spiro atoms. The Morgan fingerprint density at radius 1 is 0.411 bits per heavy atom. The van der Waals surface area contributed by atoms with Gasteiger partial charge < -0.3 is 9.13 Å². The Morgan fingerprint density at radius 2 is 0.857 bits per heavy atom. The predicted molar refractivity (Wildman–Crippen MR) is 233 cm³/mol. The third kappa shape index (κ3) is 5.40. The number of rotatable bonds is 5.